The third-order valence-corrected chi connectivity index (χ3v) is 3.96. The van der Waals surface area contributed by atoms with Gasteiger partial charge < -0.3 is 15.3 Å². The summed E-state index contributed by atoms with van der Waals surface area (Å²) < 4.78 is 0.534. The van der Waals surface area contributed by atoms with Crippen molar-refractivity contribution in [1.29, 1.82) is 0 Å². The summed E-state index contributed by atoms with van der Waals surface area (Å²) in [5.74, 6) is 0.247. The number of phenolic OH excluding ortho intramolecular Hbond substituents is 3. The molecule has 0 bridgehead atoms. The average Bonchev–Trinajstić information content (AvgIpc) is 2.34. The molecule has 0 saturated carbocycles. The summed E-state index contributed by atoms with van der Waals surface area (Å²) in [7, 11) is 0. The Morgan fingerprint density at radius 3 is 2.05 bits per heavy atom. The molecule has 2 aromatic carbocycles. The SMILES string of the molecule is CC(C)(c1ccc(O)cc1)c1cc(Br)c(O)cc1O. The van der Waals surface area contributed by atoms with Crippen molar-refractivity contribution in [3.8, 4) is 17.2 Å². The number of hydrogen-bond donors (Lipinski definition) is 3. The van der Waals surface area contributed by atoms with Crippen molar-refractivity contribution in [2.75, 3.05) is 0 Å². The first kappa shape index (κ1) is 13.7. The van der Waals surface area contributed by atoms with Gasteiger partial charge in [-0.25, -0.2) is 0 Å². The summed E-state index contributed by atoms with van der Waals surface area (Å²) in [5, 5.41) is 28.9. The van der Waals surface area contributed by atoms with E-state index in [2.05, 4.69) is 15.9 Å². The molecule has 2 aromatic rings. The fourth-order valence-electron chi connectivity index (χ4n) is 2.08. The summed E-state index contributed by atoms with van der Waals surface area (Å²) in [4.78, 5) is 0. The molecular weight excluding hydrogens is 308 g/mol. The third kappa shape index (κ3) is 2.54. The van der Waals surface area contributed by atoms with E-state index in [9.17, 15) is 15.3 Å². The fourth-order valence-corrected chi connectivity index (χ4v) is 2.43. The molecule has 100 valence electrons. The van der Waals surface area contributed by atoms with Crippen LogP contribution in [0.2, 0.25) is 0 Å². The Bertz CT molecular complexity index is 604. The van der Waals surface area contributed by atoms with Gasteiger partial charge in [-0.15, -0.1) is 0 Å². The van der Waals surface area contributed by atoms with Crippen molar-refractivity contribution in [2.24, 2.45) is 0 Å². The van der Waals surface area contributed by atoms with Crippen LogP contribution in [0.15, 0.2) is 40.9 Å². The molecule has 0 spiro atoms. The van der Waals surface area contributed by atoms with Crippen LogP contribution in [-0.2, 0) is 5.41 Å². The van der Waals surface area contributed by atoms with Crippen LogP contribution in [0.5, 0.6) is 17.2 Å². The molecule has 2 rings (SSSR count). The molecule has 0 heterocycles. The molecule has 0 atom stereocenters. The second kappa shape index (κ2) is 4.78. The highest BCUT2D eigenvalue weighted by Crippen LogP contribution is 2.41. The standard InChI is InChI=1S/C15H15BrO3/c1-15(2,9-3-5-10(17)6-4-9)11-7-12(16)14(19)8-13(11)18/h3-8,17-19H,1-2H3. The van der Waals surface area contributed by atoms with Gasteiger partial charge in [-0.2, -0.15) is 0 Å². The van der Waals surface area contributed by atoms with Crippen LogP contribution in [0.25, 0.3) is 0 Å². The second-order valence-corrected chi connectivity index (χ2v) is 5.85. The van der Waals surface area contributed by atoms with E-state index in [4.69, 9.17) is 0 Å². The quantitative estimate of drug-likeness (QED) is 0.786. The first-order valence-corrected chi connectivity index (χ1v) is 6.63. The average molecular weight is 323 g/mol. The number of benzene rings is 2. The van der Waals surface area contributed by atoms with Gasteiger partial charge in [0.05, 0.1) is 4.47 Å². The van der Waals surface area contributed by atoms with Crippen molar-refractivity contribution >= 4 is 15.9 Å². The molecule has 0 saturated heterocycles. The topological polar surface area (TPSA) is 60.7 Å². The lowest BCUT2D eigenvalue weighted by atomic mass is 9.77. The number of halogens is 1. The molecule has 0 radical (unpaired) electrons. The third-order valence-electron chi connectivity index (χ3n) is 3.33. The smallest absolute Gasteiger partial charge is 0.133 e. The maximum Gasteiger partial charge on any atom is 0.133 e. The minimum atomic E-state index is -0.450. The number of aromatic hydroxyl groups is 3. The first-order chi connectivity index (χ1) is 8.82. The van der Waals surface area contributed by atoms with E-state index in [-0.39, 0.29) is 17.2 Å². The van der Waals surface area contributed by atoms with E-state index in [0.29, 0.717) is 10.0 Å². The monoisotopic (exact) mass is 322 g/mol. The summed E-state index contributed by atoms with van der Waals surface area (Å²) in [6.45, 7) is 3.94. The molecule has 4 heteroatoms. The van der Waals surface area contributed by atoms with Crippen molar-refractivity contribution in [3.63, 3.8) is 0 Å². The molecule has 0 aliphatic rings. The molecular formula is C15H15BrO3. The van der Waals surface area contributed by atoms with Crippen molar-refractivity contribution in [2.45, 2.75) is 19.3 Å². The summed E-state index contributed by atoms with van der Waals surface area (Å²) in [6.07, 6.45) is 0. The molecule has 3 nitrogen and oxygen atoms in total. The van der Waals surface area contributed by atoms with Gasteiger partial charge in [0, 0.05) is 17.0 Å². The van der Waals surface area contributed by atoms with E-state index < -0.39 is 5.41 Å². The van der Waals surface area contributed by atoms with Crippen LogP contribution in [0.3, 0.4) is 0 Å². The maximum atomic E-state index is 10.0. The fraction of sp³-hybridized carbons (Fsp3) is 0.200. The van der Waals surface area contributed by atoms with Gasteiger partial charge in [0.2, 0.25) is 0 Å². The summed E-state index contributed by atoms with van der Waals surface area (Å²) in [5.41, 5.74) is 1.20. The zero-order valence-electron chi connectivity index (χ0n) is 10.7. The molecule has 3 N–H and O–H groups in total. The molecule has 0 aromatic heterocycles. The maximum absolute atomic E-state index is 10.0. The lowest BCUT2D eigenvalue weighted by Gasteiger charge is -2.27. The zero-order chi connectivity index (χ0) is 14.2. The number of hydrogen-bond acceptors (Lipinski definition) is 3. The lowest BCUT2D eigenvalue weighted by molar-refractivity contribution is 0.434. The zero-order valence-corrected chi connectivity index (χ0v) is 12.3. The minimum absolute atomic E-state index is 0.00255. The van der Waals surface area contributed by atoms with Gasteiger partial charge in [0.25, 0.3) is 0 Å². The van der Waals surface area contributed by atoms with Crippen LogP contribution in [0.1, 0.15) is 25.0 Å². The van der Waals surface area contributed by atoms with E-state index in [0.717, 1.165) is 5.56 Å². The van der Waals surface area contributed by atoms with Crippen LogP contribution < -0.4 is 0 Å². The Labute approximate surface area is 120 Å². The minimum Gasteiger partial charge on any atom is -0.508 e. The highest BCUT2D eigenvalue weighted by molar-refractivity contribution is 9.10. The molecule has 0 aliphatic heterocycles. The van der Waals surface area contributed by atoms with Crippen LogP contribution in [0.4, 0.5) is 0 Å². The van der Waals surface area contributed by atoms with Crippen molar-refractivity contribution < 1.29 is 15.3 Å². The summed E-state index contributed by atoms with van der Waals surface area (Å²) >= 11 is 3.26. The normalized spacial score (nSPS) is 11.5. The van der Waals surface area contributed by atoms with Gasteiger partial charge in [-0.1, -0.05) is 26.0 Å². The molecule has 0 unspecified atom stereocenters. The van der Waals surface area contributed by atoms with Crippen LogP contribution >= 0.6 is 15.9 Å². The summed E-state index contributed by atoms with van der Waals surface area (Å²) in [6, 6.07) is 9.89. The van der Waals surface area contributed by atoms with Crippen LogP contribution in [0, 0.1) is 0 Å². The van der Waals surface area contributed by atoms with Gasteiger partial charge >= 0.3 is 0 Å². The van der Waals surface area contributed by atoms with Gasteiger partial charge in [0.15, 0.2) is 0 Å². The first-order valence-electron chi connectivity index (χ1n) is 5.84. The molecule has 0 aliphatic carbocycles. The number of phenols is 3. The van der Waals surface area contributed by atoms with E-state index in [1.54, 1.807) is 18.2 Å². The van der Waals surface area contributed by atoms with Gasteiger partial charge in [-0.05, 0) is 39.7 Å². The van der Waals surface area contributed by atoms with Crippen molar-refractivity contribution in [1.82, 2.24) is 0 Å². The lowest BCUT2D eigenvalue weighted by Crippen LogP contribution is -2.19. The predicted octanol–water partition coefficient (Wildman–Crippen LogP) is 3.89. The Hall–Kier alpha value is -1.68. The molecule has 19 heavy (non-hydrogen) atoms. The van der Waals surface area contributed by atoms with Gasteiger partial charge in [-0.3, -0.25) is 0 Å². The second-order valence-electron chi connectivity index (χ2n) is 4.99. The van der Waals surface area contributed by atoms with E-state index in [1.165, 1.54) is 6.07 Å². The van der Waals surface area contributed by atoms with Crippen molar-refractivity contribution in [3.05, 3.63) is 52.0 Å². The number of rotatable bonds is 2. The highest BCUT2D eigenvalue weighted by atomic mass is 79.9. The Kier molecular flexibility index (Phi) is 3.45. The van der Waals surface area contributed by atoms with E-state index >= 15 is 0 Å². The predicted molar refractivity (Wildman–Crippen MR) is 77.7 cm³/mol. The largest absolute Gasteiger partial charge is 0.508 e. The van der Waals surface area contributed by atoms with E-state index in [1.807, 2.05) is 26.0 Å². The van der Waals surface area contributed by atoms with Gasteiger partial charge in [0.1, 0.15) is 17.2 Å². The highest BCUT2D eigenvalue weighted by Gasteiger charge is 2.27. The Morgan fingerprint density at radius 2 is 1.47 bits per heavy atom. The molecule has 0 amide bonds. The van der Waals surface area contributed by atoms with Crippen LogP contribution in [-0.4, -0.2) is 15.3 Å². The Morgan fingerprint density at radius 1 is 0.895 bits per heavy atom. The molecule has 0 fully saturated rings. The Balaban J connectivity index is 2.55.